The number of ether oxygens (including phenoxy) is 1. The smallest absolute Gasteiger partial charge is 0.327 e. The van der Waals surface area contributed by atoms with Crippen molar-refractivity contribution in [1.29, 1.82) is 0 Å². The van der Waals surface area contributed by atoms with Crippen molar-refractivity contribution in [2.75, 3.05) is 13.1 Å². The zero-order chi connectivity index (χ0) is 9.97. The van der Waals surface area contributed by atoms with E-state index in [1.165, 1.54) is 0 Å². The minimum absolute atomic E-state index is 0.196. The molecule has 0 saturated carbocycles. The normalized spacial score (nSPS) is 18.3. The molecule has 0 amide bonds. The molecule has 1 aromatic heterocycles. The van der Waals surface area contributed by atoms with Gasteiger partial charge in [-0.25, -0.2) is 0 Å². The zero-order valence-electron chi connectivity index (χ0n) is 7.43. The van der Waals surface area contributed by atoms with E-state index in [2.05, 4.69) is 4.74 Å². The number of rotatable bonds is 2. The Balaban J connectivity index is 1.98. The Labute approximate surface area is 85.1 Å². The highest BCUT2D eigenvalue weighted by Gasteiger charge is 2.24. The van der Waals surface area contributed by atoms with Gasteiger partial charge in [-0.2, -0.15) is 11.3 Å². The van der Waals surface area contributed by atoms with Crippen LogP contribution in [-0.2, 0) is 20.9 Å². The van der Waals surface area contributed by atoms with Crippen LogP contribution in [0, 0.1) is 0 Å². The van der Waals surface area contributed by atoms with Gasteiger partial charge in [0.2, 0.25) is 0 Å². The maximum Gasteiger partial charge on any atom is 0.327 e. The van der Waals surface area contributed by atoms with Crippen LogP contribution in [0.5, 0.6) is 0 Å². The van der Waals surface area contributed by atoms with E-state index in [1.54, 1.807) is 16.2 Å². The molecule has 0 N–H and O–H groups in total. The van der Waals surface area contributed by atoms with Crippen molar-refractivity contribution in [3.63, 3.8) is 0 Å². The van der Waals surface area contributed by atoms with E-state index in [9.17, 15) is 9.59 Å². The van der Waals surface area contributed by atoms with Crippen LogP contribution in [0.15, 0.2) is 16.8 Å². The van der Waals surface area contributed by atoms with E-state index < -0.39 is 11.9 Å². The summed E-state index contributed by atoms with van der Waals surface area (Å²) < 4.78 is 4.42. The first-order valence-electron chi connectivity index (χ1n) is 4.21. The summed E-state index contributed by atoms with van der Waals surface area (Å²) in [5.74, 6) is -0.923. The van der Waals surface area contributed by atoms with Crippen LogP contribution in [0.1, 0.15) is 5.56 Å². The van der Waals surface area contributed by atoms with E-state index in [4.69, 9.17) is 0 Å². The van der Waals surface area contributed by atoms with E-state index in [0.717, 1.165) is 5.56 Å². The van der Waals surface area contributed by atoms with Crippen LogP contribution < -0.4 is 0 Å². The number of thiophene rings is 1. The highest BCUT2D eigenvalue weighted by atomic mass is 32.1. The van der Waals surface area contributed by atoms with Gasteiger partial charge in [0.25, 0.3) is 0 Å². The van der Waals surface area contributed by atoms with Crippen molar-refractivity contribution < 1.29 is 14.3 Å². The summed E-state index contributed by atoms with van der Waals surface area (Å²) in [4.78, 5) is 23.6. The number of hydrogen-bond acceptors (Lipinski definition) is 5. The molecule has 0 spiro atoms. The number of carbonyl (C=O) groups excluding carboxylic acids is 2. The number of nitrogens with zero attached hydrogens (tertiary/aromatic N) is 1. The fraction of sp³-hybridized carbons (Fsp3) is 0.333. The first-order chi connectivity index (χ1) is 6.74. The molecule has 0 radical (unpaired) electrons. The standard InChI is InChI=1S/C9H9NO3S/c11-8-4-10(5-9(12)13-8)3-7-1-2-14-6-7/h1-2,6H,3-5H2. The van der Waals surface area contributed by atoms with Gasteiger partial charge in [-0.1, -0.05) is 0 Å². The lowest BCUT2D eigenvalue weighted by Gasteiger charge is -2.23. The molecule has 1 aliphatic heterocycles. The SMILES string of the molecule is O=C1CN(Cc2ccsc2)CC(=O)O1. The van der Waals surface area contributed by atoms with Crippen molar-refractivity contribution in [1.82, 2.24) is 4.90 Å². The maximum atomic E-state index is 10.9. The molecule has 2 rings (SSSR count). The van der Waals surface area contributed by atoms with Gasteiger partial charge in [-0.3, -0.25) is 14.5 Å². The first kappa shape index (κ1) is 9.36. The van der Waals surface area contributed by atoms with Crippen LogP contribution in [-0.4, -0.2) is 29.9 Å². The second-order valence-electron chi connectivity index (χ2n) is 3.12. The molecule has 5 heteroatoms. The molecule has 4 nitrogen and oxygen atoms in total. The lowest BCUT2D eigenvalue weighted by Crippen LogP contribution is -2.42. The third-order valence-electron chi connectivity index (χ3n) is 1.92. The number of morpholine rings is 1. The Bertz CT molecular complexity index is 331. The molecule has 14 heavy (non-hydrogen) atoms. The van der Waals surface area contributed by atoms with E-state index >= 15 is 0 Å². The molecule has 2 heterocycles. The molecule has 1 aliphatic rings. The van der Waals surface area contributed by atoms with Crippen LogP contribution in [0.4, 0.5) is 0 Å². The van der Waals surface area contributed by atoms with Crippen molar-refractivity contribution in [3.8, 4) is 0 Å². The summed E-state index contributed by atoms with van der Waals surface area (Å²) in [5, 5.41) is 3.98. The quantitative estimate of drug-likeness (QED) is 0.532. The maximum absolute atomic E-state index is 10.9. The Morgan fingerprint density at radius 1 is 1.36 bits per heavy atom. The topological polar surface area (TPSA) is 46.6 Å². The summed E-state index contributed by atoms with van der Waals surface area (Å²) in [5.41, 5.74) is 1.12. The summed E-state index contributed by atoms with van der Waals surface area (Å²) in [6.45, 7) is 1.02. The lowest BCUT2D eigenvalue weighted by molar-refractivity contribution is -0.167. The van der Waals surface area contributed by atoms with Crippen molar-refractivity contribution >= 4 is 23.3 Å². The van der Waals surface area contributed by atoms with Gasteiger partial charge >= 0.3 is 11.9 Å². The van der Waals surface area contributed by atoms with Crippen molar-refractivity contribution in [3.05, 3.63) is 22.4 Å². The number of esters is 2. The van der Waals surface area contributed by atoms with Gasteiger partial charge in [0.1, 0.15) is 0 Å². The molecule has 74 valence electrons. The van der Waals surface area contributed by atoms with Gasteiger partial charge in [-0.15, -0.1) is 0 Å². The second kappa shape index (κ2) is 3.89. The fourth-order valence-electron chi connectivity index (χ4n) is 1.37. The molecule has 0 aliphatic carbocycles. The average Bonchev–Trinajstić information content (AvgIpc) is 2.54. The lowest BCUT2D eigenvalue weighted by atomic mass is 10.3. The van der Waals surface area contributed by atoms with Crippen LogP contribution in [0.3, 0.4) is 0 Å². The Hall–Kier alpha value is -1.20. The predicted octanol–water partition coefficient (Wildman–Crippen LogP) is 0.634. The third-order valence-corrected chi connectivity index (χ3v) is 2.65. The average molecular weight is 211 g/mol. The molecular weight excluding hydrogens is 202 g/mol. The summed E-state index contributed by atoms with van der Waals surface area (Å²) in [6, 6.07) is 1.98. The minimum atomic E-state index is -0.462. The summed E-state index contributed by atoms with van der Waals surface area (Å²) in [7, 11) is 0. The molecule has 0 unspecified atom stereocenters. The Morgan fingerprint density at radius 3 is 2.64 bits per heavy atom. The molecule has 1 aromatic rings. The second-order valence-corrected chi connectivity index (χ2v) is 3.90. The number of cyclic esters (lactones) is 2. The van der Waals surface area contributed by atoms with Gasteiger partial charge < -0.3 is 4.74 Å². The van der Waals surface area contributed by atoms with Gasteiger partial charge in [-0.05, 0) is 22.4 Å². The Morgan fingerprint density at radius 2 is 2.07 bits per heavy atom. The van der Waals surface area contributed by atoms with Crippen molar-refractivity contribution in [2.45, 2.75) is 6.54 Å². The molecular formula is C9H9NO3S. The molecule has 1 fully saturated rings. The molecule has 0 aromatic carbocycles. The van der Waals surface area contributed by atoms with Gasteiger partial charge in [0.05, 0.1) is 13.1 Å². The number of carbonyl (C=O) groups is 2. The molecule has 0 atom stereocenters. The highest BCUT2D eigenvalue weighted by Crippen LogP contribution is 2.11. The molecule has 1 saturated heterocycles. The predicted molar refractivity (Wildman–Crippen MR) is 50.7 cm³/mol. The largest absolute Gasteiger partial charge is 0.391 e. The monoisotopic (exact) mass is 211 g/mol. The molecule has 0 bridgehead atoms. The zero-order valence-corrected chi connectivity index (χ0v) is 8.25. The van der Waals surface area contributed by atoms with Crippen LogP contribution in [0.2, 0.25) is 0 Å². The van der Waals surface area contributed by atoms with Crippen LogP contribution in [0.25, 0.3) is 0 Å². The van der Waals surface area contributed by atoms with Gasteiger partial charge in [0, 0.05) is 6.54 Å². The van der Waals surface area contributed by atoms with Gasteiger partial charge in [0.15, 0.2) is 0 Å². The summed E-state index contributed by atoms with van der Waals surface area (Å²) in [6.07, 6.45) is 0. The minimum Gasteiger partial charge on any atom is -0.391 e. The van der Waals surface area contributed by atoms with Crippen LogP contribution >= 0.6 is 11.3 Å². The highest BCUT2D eigenvalue weighted by molar-refractivity contribution is 7.07. The number of hydrogen-bond donors (Lipinski definition) is 0. The third kappa shape index (κ3) is 2.18. The van der Waals surface area contributed by atoms with E-state index in [1.807, 2.05) is 16.8 Å². The Kier molecular flexibility index (Phi) is 2.60. The summed E-state index contributed by atoms with van der Waals surface area (Å²) >= 11 is 1.60. The first-order valence-corrected chi connectivity index (χ1v) is 5.15. The van der Waals surface area contributed by atoms with E-state index in [0.29, 0.717) is 6.54 Å². The fourth-order valence-corrected chi connectivity index (χ4v) is 2.03. The van der Waals surface area contributed by atoms with Crippen molar-refractivity contribution in [2.24, 2.45) is 0 Å². The van der Waals surface area contributed by atoms with E-state index in [-0.39, 0.29) is 13.1 Å².